The third kappa shape index (κ3) is 4.36. The van der Waals surface area contributed by atoms with Crippen LogP contribution in [0.2, 0.25) is 0 Å². The predicted octanol–water partition coefficient (Wildman–Crippen LogP) is 3.50. The van der Waals surface area contributed by atoms with Gasteiger partial charge in [0.1, 0.15) is 21.8 Å². The van der Waals surface area contributed by atoms with Crippen LogP contribution in [0.5, 0.6) is 0 Å². The minimum atomic E-state index is -0.323. The SMILES string of the molecule is CCCN1C(=O)/C(=C/c2c(C)c(C#N)c(=O)n(C)c2N2CCN(c3ccccc3)CC2)SC1=S. The molecular weight excluding hydrogens is 466 g/mol. The number of hydrogen-bond donors (Lipinski definition) is 0. The Balaban J connectivity index is 1.74. The van der Waals surface area contributed by atoms with Crippen molar-refractivity contribution in [1.29, 1.82) is 5.26 Å². The molecule has 176 valence electrons. The van der Waals surface area contributed by atoms with Crippen LogP contribution in [-0.2, 0) is 11.8 Å². The average Bonchev–Trinajstić information content (AvgIpc) is 3.11. The number of thioether (sulfide) groups is 1. The van der Waals surface area contributed by atoms with E-state index in [1.807, 2.05) is 31.2 Å². The van der Waals surface area contributed by atoms with E-state index in [4.69, 9.17) is 12.2 Å². The summed E-state index contributed by atoms with van der Waals surface area (Å²) in [7, 11) is 1.70. The average molecular weight is 494 g/mol. The van der Waals surface area contributed by atoms with Crippen LogP contribution in [0.1, 0.15) is 30.0 Å². The van der Waals surface area contributed by atoms with Gasteiger partial charge in [-0.2, -0.15) is 5.26 Å². The number of thiocarbonyl (C=S) groups is 1. The number of para-hydroxylation sites is 1. The summed E-state index contributed by atoms with van der Waals surface area (Å²) in [5.74, 6) is 0.610. The first-order chi connectivity index (χ1) is 16.4. The van der Waals surface area contributed by atoms with E-state index in [1.165, 1.54) is 17.4 Å². The van der Waals surface area contributed by atoms with Crippen LogP contribution in [0.25, 0.3) is 6.08 Å². The van der Waals surface area contributed by atoms with Gasteiger partial charge >= 0.3 is 0 Å². The summed E-state index contributed by atoms with van der Waals surface area (Å²) in [5.41, 5.74) is 2.27. The van der Waals surface area contributed by atoms with Gasteiger partial charge < -0.3 is 9.80 Å². The molecule has 0 spiro atoms. The molecule has 1 aromatic heterocycles. The Morgan fingerprint density at radius 2 is 1.76 bits per heavy atom. The molecule has 1 amide bonds. The normalized spacial score (nSPS) is 17.6. The van der Waals surface area contributed by atoms with Gasteiger partial charge in [-0.05, 0) is 37.1 Å². The second-order valence-corrected chi connectivity index (χ2v) is 10.0. The second kappa shape index (κ2) is 10.0. The summed E-state index contributed by atoms with van der Waals surface area (Å²) in [6.45, 7) is 7.39. The van der Waals surface area contributed by atoms with Crippen LogP contribution in [0.3, 0.4) is 0 Å². The zero-order chi connectivity index (χ0) is 24.4. The zero-order valence-corrected chi connectivity index (χ0v) is 21.2. The quantitative estimate of drug-likeness (QED) is 0.466. The Bertz CT molecular complexity index is 1250. The molecule has 2 saturated heterocycles. The fraction of sp³-hybridized carbons (Fsp3) is 0.360. The molecular formula is C25H27N5O2S2. The highest BCUT2D eigenvalue weighted by Gasteiger charge is 2.33. The monoisotopic (exact) mass is 493 g/mol. The number of nitriles is 1. The van der Waals surface area contributed by atoms with Crippen molar-refractivity contribution >= 4 is 51.8 Å². The van der Waals surface area contributed by atoms with Crippen LogP contribution in [-0.4, -0.2) is 52.4 Å². The van der Waals surface area contributed by atoms with Crippen molar-refractivity contribution in [3.8, 4) is 6.07 Å². The number of amides is 1. The van der Waals surface area contributed by atoms with Gasteiger partial charge in [0.15, 0.2) is 0 Å². The minimum absolute atomic E-state index is 0.101. The fourth-order valence-electron chi connectivity index (χ4n) is 4.46. The molecule has 0 unspecified atom stereocenters. The topological polar surface area (TPSA) is 72.6 Å². The zero-order valence-electron chi connectivity index (χ0n) is 19.6. The highest BCUT2D eigenvalue weighted by Crippen LogP contribution is 2.36. The summed E-state index contributed by atoms with van der Waals surface area (Å²) < 4.78 is 2.08. The lowest BCUT2D eigenvalue weighted by atomic mass is 10.0. The molecule has 0 radical (unpaired) electrons. The van der Waals surface area contributed by atoms with Gasteiger partial charge in [0.25, 0.3) is 11.5 Å². The van der Waals surface area contributed by atoms with Crippen LogP contribution in [0.15, 0.2) is 40.0 Å². The number of aromatic nitrogens is 1. The molecule has 2 aliphatic heterocycles. The third-order valence-electron chi connectivity index (χ3n) is 6.26. The number of rotatable bonds is 5. The molecule has 7 nitrogen and oxygen atoms in total. The minimum Gasteiger partial charge on any atom is -0.368 e. The lowest BCUT2D eigenvalue weighted by Crippen LogP contribution is -2.48. The summed E-state index contributed by atoms with van der Waals surface area (Å²) in [6.07, 6.45) is 2.62. The van der Waals surface area contributed by atoms with E-state index in [1.54, 1.807) is 23.4 Å². The van der Waals surface area contributed by atoms with Crippen molar-refractivity contribution in [1.82, 2.24) is 9.47 Å². The third-order valence-corrected chi connectivity index (χ3v) is 7.64. The summed E-state index contributed by atoms with van der Waals surface area (Å²) >= 11 is 6.70. The van der Waals surface area contributed by atoms with E-state index in [2.05, 4.69) is 28.0 Å². The number of benzene rings is 1. The van der Waals surface area contributed by atoms with Gasteiger partial charge in [0.2, 0.25) is 0 Å². The first-order valence-electron chi connectivity index (χ1n) is 11.3. The molecule has 3 heterocycles. The van der Waals surface area contributed by atoms with Crippen molar-refractivity contribution in [2.24, 2.45) is 7.05 Å². The number of anilines is 2. The Kier molecular flexibility index (Phi) is 7.10. The Labute approximate surface area is 209 Å². The summed E-state index contributed by atoms with van der Waals surface area (Å²) in [4.78, 5) is 32.6. The van der Waals surface area contributed by atoms with Gasteiger partial charge in [0.05, 0.1) is 4.91 Å². The number of carbonyl (C=O) groups is 1. The van der Waals surface area contributed by atoms with Gasteiger partial charge in [-0.1, -0.05) is 49.1 Å². The number of hydrogen-bond acceptors (Lipinski definition) is 7. The molecule has 1 aromatic carbocycles. The molecule has 4 rings (SSSR count). The van der Waals surface area contributed by atoms with Crippen molar-refractivity contribution in [3.63, 3.8) is 0 Å². The molecule has 0 N–H and O–H groups in total. The van der Waals surface area contributed by atoms with Gasteiger partial charge in [-0.3, -0.25) is 19.1 Å². The van der Waals surface area contributed by atoms with E-state index >= 15 is 0 Å². The summed E-state index contributed by atoms with van der Waals surface area (Å²) in [5, 5.41) is 9.67. The van der Waals surface area contributed by atoms with E-state index in [0.717, 1.165) is 30.9 Å². The first-order valence-corrected chi connectivity index (χ1v) is 12.5. The van der Waals surface area contributed by atoms with Crippen LogP contribution in [0, 0.1) is 18.3 Å². The maximum absolute atomic E-state index is 13.0. The van der Waals surface area contributed by atoms with Crippen LogP contribution in [0.4, 0.5) is 11.5 Å². The second-order valence-electron chi connectivity index (χ2n) is 8.36. The number of pyridine rings is 1. The van der Waals surface area contributed by atoms with Crippen molar-refractivity contribution in [2.45, 2.75) is 20.3 Å². The molecule has 0 atom stereocenters. The molecule has 34 heavy (non-hydrogen) atoms. The molecule has 9 heteroatoms. The highest BCUT2D eigenvalue weighted by atomic mass is 32.2. The van der Waals surface area contributed by atoms with Crippen molar-refractivity contribution in [2.75, 3.05) is 42.5 Å². The molecule has 2 aromatic rings. The molecule has 2 aliphatic rings. The van der Waals surface area contributed by atoms with Crippen LogP contribution < -0.4 is 15.4 Å². The number of nitrogens with zero attached hydrogens (tertiary/aromatic N) is 5. The number of piperazine rings is 1. The fourth-order valence-corrected chi connectivity index (χ4v) is 5.75. The Morgan fingerprint density at radius 1 is 1.12 bits per heavy atom. The molecule has 0 bridgehead atoms. The van der Waals surface area contributed by atoms with Gasteiger partial charge in [0, 0.05) is 51.0 Å². The number of carbonyl (C=O) groups excluding carboxylic acids is 1. The van der Waals surface area contributed by atoms with Crippen molar-refractivity contribution in [3.05, 3.63) is 62.3 Å². The van der Waals surface area contributed by atoms with Gasteiger partial charge in [-0.25, -0.2) is 0 Å². The van der Waals surface area contributed by atoms with Crippen molar-refractivity contribution < 1.29 is 4.79 Å². The highest BCUT2D eigenvalue weighted by molar-refractivity contribution is 8.26. The van der Waals surface area contributed by atoms with Gasteiger partial charge in [-0.15, -0.1) is 0 Å². The summed E-state index contributed by atoms with van der Waals surface area (Å²) in [6, 6.07) is 12.3. The maximum Gasteiger partial charge on any atom is 0.270 e. The standard InChI is InChI=1S/C25H27N5O2S2/c1-4-10-30-24(32)21(34-25(30)33)15-19-17(2)20(16-26)23(31)27(3)22(19)29-13-11-28(12-14-29)18-8-6-5-7-9-18/h5-9,15H,4,10-14H2,1-3H3/b21-15-. The molecule has 0 saturated carbocycles. The van der Waals surface area contributed by atoms with E-state index in [-0.39, 0.29) is 17.0 Å². The van der Waals surface area contributed by atoms with E-state index in [9.17, 15) is 14.9 Å². The Hall–Kier alpha value is -3.09. The Morgan fingerprint density at radius 3 is 2.38 bits per heavy atom. The molecule has 2 fully saturated rings. The maximum atomic E-state index is 13.0. The van der Waals surface area contributed by atoms with E-state index < -0.39 is 0 Å². The largest absolute Gasteiger partial charge is 0.368 e. The first kappa shape index (κ1) is 24.0. The van der Waals surface area contributed by atoms with Crippen LogP contribution >= 0.6 is 24.0 Å². The molecule has 0 aliphatic carbocycles. The predicted molar refractivity (Wildman–Crippen MR) is 142 cm³/mol. The lowest BCUT2D eigenvalue weighted by Gasteiger charge is -2.38. The lowest BCUT2D eigenvalue weighted by molar-refractivity contribution is -0.122. The van der Waals surface area contributed by atoms with E-state index in [0.29, 0.717) is 34.4 Å². The smallest absolute Gasteiger partial charge is 0.270 e.